The van der Waals surface area contributed by atoms with Crippen molar-refractivity contribution in [2.75, 3.05) is 14.2 Å². The molecule has 0 saturated carbocycles. The zero-order valence-electron chi connectivity index (χ0n) is 13.8. The highest BCUT2D eigenvalue weighted by Crippen LogP contribution is 2.37. The standard InChI is InChI=1S/C17H14F3N3O3/c1-25-15-5-4-12(17(18,19)20)9-14(15)23-22-13-7-8-21-10-11(13)3-6-16(24)26-2/h3-10H,1-2H3. The van der Waals surface area contributed by atoms with Crippen LogP contribution in [0.25, 0.3) is 6.08 Å². The summed E-state index contributed by atoms with van der Waals surface area (Å²) in [5.74, 6) is -0.432. The van der Waals surface area contributed by atoms with Crippen molar-refractivity contribution in [1.29, 1.82) is 0 Å². The highest BCUT2D eigenvalue weighted by Gasteiger charge is 2.31. The molecular weight excluding hydrogens is 351 g/mol. The molecule has 1 aromatic carbocycles. The van der Waals surface area contributed by atoms with Gasteiger partial charge in [-0.15, -0.1) is 10.2 Å². The van der Waals surface area contributed by atoms with Crippen molar-refractivity contribution in [1.82, 2.24) is 4.98 Å². The average Bonchev–Trinajstić information content (AvgIpc) is 2.63. The zero-order valence-corrected chi connectivity index (χ0v) is 13.8. The lowest BCUT2D eigenvalue weighted by molar-refractivity contribution is -0.137. The number of methoxy groups -OCH3 is 2. The molecule has 0 saturated heterocycles. The molecule has 1 heterocycles. The van der Waals surface area contributed by atoms with Gasteiger partial charge in [-0.1, -0.05) is 0 Å². The molecule has 136 valence electrons. The lowest BCUT2D eigenvalue weighted by Crippen LogP contribution is -2.04. The Labute approximate surface area is 147 Å². The van der Waals surface area contributed by atoms with Gasteiger partial charge in [0.25, 0.3) is 0 Å². The minimum absolute atomic E-state index is 0.0814. The summed E-state index contributed by atoms with van der Waals surface area (Å²) < 4.78 is 48.1. The molecule has 0 spiro atoms. The fourth-order valence-corrected chi connectivity index (χ4v) is 1.90. The number of ether oxygens (including phenoxy) is 2. The van der Waals surface area contributed by atoms with Crippen molar-refractivity contribution >= 4 is 23.4 Å². The van der Waals surface area contributed by atoms with Crippen molar-refractivity contribution in [3.63, 3.8) is 0 Å². The predicted octanol–water partition coefficient (Wildman–Crippen LogP) is 4.71. The van der Waals surface area contributed by atoms with Gasteiger partial charge in [0.2, 0.25) is 0 Å². The summed E-state index contributed by atoms with van der Waals surface area (Å²) in [6.07, 6.45) is 0.934. The second-order valence-electron chi connectivity index (χ2n) is 4.88. The molecule has 0 aliphatic heterocycles. The van der Waals surface area contributed by atoms with Gasteiger partial charge in [-0.2, -0.15) is 13.2 Å². The predicted molar refractivity (Wildman–Crippen MR) is 87.5 cm³/mol. The first kappa shape index (κ1) is 19.1. The summed E-state index contributed by atoms with van der Waals surface area (Å²) in [6, 6.07) is 4.41. The number of nitrogens with zero attached hydrogens (tertiary/aromatic N) is 3. The van der Waals surface area contributed by atoms with E-state index in [4.69, 9.17) is 4.74 Å². The number of esters is 1. The van der Waals surface area contributed by atoms with Crippen LogP contribution in [-0.2, 0) is 15.7 Å². The molecule has 0 fully saturated rings. The number of rotatable bonds is 5. The average molecular weight is 365 g/mol. The van der Waals surface area contributed by atoms with Crippen LogP contribution in [0.5, 0.6) is 5.75 Å². The molecule has 0 aliphatic carbocycles. The summed E-state index contributed by atoms with van der Waals surface area (Å²) in [6.45, 7) is 0. The van der Waals surface area contributed by atoms with E-state index in [1.165, 1.54) is 50.9 Å². The molecule has 26 heavy (non-hydrogen) atoms. The van der Waals surface area contributed by atoms with Crippen LogP contribution in [-0.4, -0.2) is 25.2 Å². The molecular formula is C17H14F3N3O3. The number of pyridine rings is 1. The number of benzene rings is 1. The van der Waals surface area contributed by atoms with Gasteiger partial charge in [0, 0.05) is 24.0 Å². The molecule has 2 aromatic rings. The van der Waals surface area contributed by atoms with Gasteiger partial charge < -0.3 is 9.47 Å². The topological polar surface area (TPSA) is 73.1 Å². The number of azo groups is 1. The molecule has 6 nitrogen and oxygen atoms in total. The van der Waals surface area contributed by atoms with Gasteiger partial charge in [-0.05, 0) is 30.3 Å². The fraction of sp³-hybridized carbons (Fsp3) is 0.176. The number of alkyl halides is 3. The van der Waals surface area contributed by atoms with E-state index < -0.39 is 17.7 Å². The highest BCUT2D eigenvalue weighted by molar-refractivity contribution is 5.87. The largest absolute Gasteiger partial charge is 0.494 e. The second-order valence-corrected chi connectivity index (χ2v) is 4.88. The molecule has 0 aliphatic rings. The van der Waals surface area contributed by atoms with Crippen LogP contribution in [0.15, 0.2) is 53.0 Å². The Morgan fingerprint density at radius 3 is 2.54 bits per heavy atom. The Hall–Kier alpha value is -3.23. The maximum atomic E-state index is 12.9. The van der Waals surface area contributed by atoms with Crippen molar-refractivity contribution in [2.45, 2.75) is 6.18 Å². The minimum Gasteiger partial charge on any atom is -0.494 e. The van der Waals surface area contributed by atoms with Gasteiger partial charge >= 0.3 is 12.1 Å². The third-order valence-corrected chi connectivity index (χ3v) is 3.20. The quantitative estimate of drug-likeness (QED) is 0.437. The number of carbonyl (C=O) groups is 1. The van der Waals surface area contributed by atoms with E-state index in [9.17, 15) is 18.0 Å². The van der Waals surface area contributed by atoms with Crippen LogP contribution in [0.4, 0.5) is 24.5 Å². The number of carbonyl (C=O) groups excluding carboxylic acids is 1. The van der Waals surface area contributed by atoms with E-state index in [0.717, 1.165) is 12.1 Å². The van der Waals surface area contributed by atoms with Crippen molar-refractivity contribution in [3.8, 4) is 5.75 Å². The van der Waals surface area contributed by atoms with Crippen LogP contribution in [0, 0.1) is 0 Å². The molecule has 0 radical (unpaired) electrons. The Bertz CT molecular complexity index is 849. The van der Waals surface area contributed by atoms with E-state index >= 15 is 0 Å². The normalized spacial score (nSPS) is 11.9. The summed E-state index contributed by atoms with van der Waals surface area (Å²) in [7, 11) is 2.55. The summed E-state index contributed by atoms with van der Waals surface area (Å²) >= 11 is 0. The smallest absolute Gasteiger partial charge is 0.416 e. The van der Waals surface area contributed by atoms with Gasteiger partial charge in [-0.3, -0.25) is 4.98 Å². The Balaban J connectivity index is 2.38. The van der Waals surface area contributed by atoms with E-state index in [-0.39, 0.29) is 11.4 Å². The molecule has 0 N–H and O–H groups in total. The maximum Gasteiger partial charge on any atom is 0.416 e. The van der Waals surface area contributed by atoms with E-state index in [1.54, 1.807) is 0 Å². The Morgan fingerprint density at radius 2 is 1.88 bits per heavy atom. The molecule has 9 heteroatoms. The first-order chi connectivity index (χ1) is 12.3. The molecule has 1 aromatic heterocycles. The van der Waals surface area contributed by atoms with Crippen molar-refractivity contribution in [2.24, 2.45) is 10.2 Å². The molecule has 0 bridgehead atoms. The lowest BCUT2D eigenvalue weighted by atomic mass is 10.2. The van der Waals surface area contributed by atoms with E-state index in [1.807, 2.05) is 0 Å². The van der Waals surface area contributed by atoms with Crippen molar-refractivity contribution in [3.05, 3.63) is 53.9 Å². The van der Waals surface area contributed by atoms with Crippen LogP contribution >= 0.6 is 0 Å². The summed E-state index contributed by atoms with van der Waals surface area (Å²) in [5.41, 5.74) is -0.206. The highest BCUT2D eigenvalue weighted by atomic mass is 19.4. The van der Waals surface area contributed by atoms with Gasteiger partial charge in [-0.25, -0.2) is 4.79 Å². The van der Waals surface area contributed by atoms with E-state index in [0.29, 0.717) is 11.3 Å². The Morgan fingerprint density at radius 1 is 1.15 bits per heavy atom. The van der Waals surface area contributed by atoms with Crippen LogP contribution in [0.1, 0.15) is 11.1 Å². The Kier molecular flexibility index (Phi) is 6.05. The van der Waals surface area contributed by atoms with Gasteiger partial charge in [0.05, 0.1) is 25.5 Å². The fourth-order valence-electron chi connectivity index (χ4n) is 1.90. The first-order valence-corrected chi connectivity index (χ1v) is 7.22. The molecule has 0 unspecified atom stereocenters. The molecule has 2 rings (SSSR count). The monoisotopic (exact) mass is 365 g/mol. The lowest BCUT2D eigenvalue weighted by Gasteiger charge is -2.09. The number of aromatic nitrogens is 1. The van der Waals surface area contributed by atoms with Crippen molar-refractivity contribution < 1.29 is 27.4 Å². The number of hydrogen-bond acceptors (Lipinski definition) is 6. The zero-order chi connectivity index (χ0) is 19.2. The third kappa shape index (κ3) is 4.88. The summed E-state index contributed by atoms with van der Waals surface area (Å²) in [4.78, 5) is 15.1. The number of hydrogen-bond donors (Lipinski definition) is 0. The summed E-state index contributed by atoms with van der Waals surface area (Å²) in [5, 5.41) is 7.80. The second kappa shape index (κ2) is 8.24. The van der Waals surface area contributed by atoms with Gasteiger partial charge in [0.1, 0.15) is 11.4 Å². The third-order valence-electron chi connectivity index (χ3n) is 3.20. The van der Waals surface area contributed by atoms with Crippen LogP contribution < -0.4 is 4.74 Å². The molecule has 0 atom stereocenters. The number of halogens is 3. The van der Waals surface area contributed by atoms with Crippen LogP contribution in [0.3, 0.4) is 0 Å². The maximum absolute atomic E-state index is 12.9. The van der Waals surface area contributed by atoms with Gasteiger partial charge in [0.15, 0.2) is 0 Å². The van der Waals surface area contributed by atoms with Crippen LogP contribution in [0.2, 0.25) is 0 Å². The minimum atomic E-state index is -4.51. The SMILES string of the molecule is COC(=O)C=Cc1cnccc1N=Nc1cc(C(F)(F)F)ccc1OC. The molecule has 0 amide bonds. The van der Waals surface area contributed by atoms with E-state index in [2.05, 4.69) is 19.9 Å². The first-order valence-electron chi connectivity index (χ1n) is 7.22.